The number of aryl methyl sites for hydroxylation is 1. The van der Waals surface area contributed by atoms with Gasteiger partial charge in [0.25, 0.3) is 11.5 Å². The first kappa shape index (κ1) is 15.1. The van der Waals surface area contributed by atoms with Crippen molar-refractivity contribution < 1.29 is 19.8 Å². The third-order valence-corrected chi connectivity index (χ3v) is 4.16. The molecule has 0 saturated carbocycles. The molecule has 1 atom stereocenters. The average Bonchev–Trinajstić information content (AvgIpc) is 2.77. The number of carbonyl (C=O) groups is 2. The largest absolute Gasteiger partial charge is 0.480 e. The van der Waals surface area contributed by atoms with Crippen molar-refractivity contribution in [3.05, 3.63) is 27.1 Å². The molecule has 2 rings (SSSR count). The van der Waals surface area contributed by atoms with Gasteiger partial charge in [0.1, 0.15) is 10.9 Å². The van der Waals surface area contributed by atoms with Gasteiger partial charge >= 0.3 is 5.97 Å². The van der Waals surface area contributed by atoms with E-state index >= 15 is 0 Å². The standard InChI is InChI=1S/C12H13N3O5S/c1-5-7-9(17)13-4-14-11(7)21-8(5)10(18)15-6(2-3-16)12(19)20/h4,6,16H,2-3H2,1H3,(H,15,18)(H,19,20)(H,13,14,17)/t6-/m1/s1. The van der Waals surface area contributed by atoms with Crippen molar-refractivity contribution in [2.45, 2.75) is 19.4 Å². The quantitative estimate of drug-likeness (QED) is 0.607. The predicted octanol–water partition coefficient (Wildman–Crippen LogP) is -0.142. The number of aliphatic hydroxyl groups is 1. The van der Waals surface area contributed by atoms with E-state index < -0.39 is 17.9 Å². The van der Waals surface area contributed by atoms with Crippen molar-refractivity contribution in [3.8, 4) is 0 Å². The van der Waals surface area contributed by atoms with Gasteiger partial charge < -0.3 is 20.5 Å². The fourth-order valence-electron chi connectivity index (χ4n) is 1.91. The van der Waals surface area contributed by atoms with Crippen LogP contribution >= 0.6 is 11.3 Å². The number of nitrogens with one attached hydrogen (secondary N) is 2. The van der Waals surface area contributed by atoms with Gasteiger partial charge in [-0.05, 0) is 12.5 Å². The van der Waals surface area contributed by atoms with Gasteiger partial charge in [-0.25, -0.2) is 9.78 Å². The molecule has 0 fully saturated rings. The van der Waals surface area contributed by atoms with E-state index in [1.165, 1.54) is 6.33 Å². The Hall–Kier alpha value is -2.26. The van der Waals surface area contributed by atoms with Crippen molar-refractivity contribution in [1.29, 1.82) is 0 Å². The van der Waals surface area contributed by atoms with Crippen LogP contribution in [0.5, 0.6) is 0 Å². The summed E-state index contributed by atoms with van der Waals surface area (Å²) in [5.41, 5.74) is 0.105. The van der Waals surface area contributed by atoms with Crippen LogP contribution in [0.2, 0.25) is 0 Å². The highest BCUT2D eigenvalue weighted by molar-refractivity contribution is 7.20. The number of thiophene rings is 1. The molecule has 112 valence electrons. The summed E-state index contributed by atoms with van der Waals surface area (Å²) in [4.78, 5) is 41.9. The summed E-state index contributed by atoms with van der Waals surface area (Å²) in [7, 11) is 0. The molecule has 0 saturated heterocycles. The zero-order valence-corrected chi connectivity index (χ0v) is 11.9. The lowest BCUT2D eigenvalue weighted by atomic mass is 10.2. The molecule has 4 N–H and O–H groups in total. The Kier molecular flexibility index (Phi) is 4.34. The summed E-state index contributed by atoms with van der Waals surface area (Å²) < 4.78 is 0. The number of H-pyrrole nitrogens is 1. The van der Waals surface area contributed by atoms with Gasteiger partial charge in [-0.2, -0.15) is 0 Å². The number of amides is 1. The Morgan fingerprint density at radius 1 is 1.52 bits per heavy atom. The second-order valence-electron chi connectivity index (χ2n) is 4.34. The molecule has 0 radical (unpaired) electrons. The molecule has 0 aromatic carbocycles. The molecule has 21 heavy (non-hydrogen) atoms. The van der Waals surface area contributed by atoms with Crippen LogP contribution in [-0.2, 0) is 4.79 Å². The van der Waals surface area contributed by atoms with Gasteiger partial charge in [0, 0.05) is 13.0 Å². The van der Waals surface area contributed by atoms with E-state index in [2.05, 4.69) is 15.3 Å². The normalized spacial score (nSPS) is 12.3. The molecule has 8 nitrogen and oxygen atoms in total. The zero-order chi connectivity index (χ0) is 15.6. The van der Waals surface area contributed by atoms with E-state index in [1.54, 1.807) is 6.92 Å². The van der Waals surface area contributed by atoms with Crippen LogP contribution in [0.3, 0.4) is 0 Å². The van der Waals surface area contributed by atoms with Crippen LogP contribution in [0.4, 0.5) is 0 Å². The SMILES string of the molecule is Cc1c(C(=O)N[C@H](CCO)C(=O)O)sc2nc[nH]c(=O)c12. The van der Waals surface area contributed by atoms with Gasteiger partial charge in [-0.3, -0.25) is 9.59 Å². The smallest absolute Gasteiger partial charge is 0.326 e. The minimum absolute atomic E-state index is 0.0934. The van der Waals surface area contributed by atoms with Gasteiger partial charge in [0.2, 0.25) is 0 Å². The third kappa shape index (κ3) is 2.93. The number of nitrogens with zero attached hydrogens (tertiary/aromatic N) is 1. The van der Waals surface area contributed by atoms with E-state index in [-0.39, 0.29) is 23.5 Å². The molecule has 0 spiro atoms. The monoisotopic (exact) mass is 311 g/mol. The van der Waals surface area contributed by atoms with Crippen molar-refractivity contribution in [1.82, 2.24) is 15.3 Å². The summed E-state index contributed by atoms with van der Waals surface area (Å²) in [5, 5.41) is 20.4. The van der Waals surface area contributed by atoms with Crippen LogP contribution in [0.25, 0.3) is 10.2 Å². The number of hydrogen-bond donors (Lipinski definition) is 4. The number of aliphatic carboxylic acids is 1. The van der Waals surface area contributed by atoms with Crippen molar-refractivity contribution in [2.24, 2.45) is 0 Å². The van der Waals surface area contributed by atoms with E-state index in [9.17, 15) is 14.4 Å². The second kappa shape index (κ2) is 6.02. The van der Waals surface area contributed by atoms with E-state index in [4.69, 9.17) is 10.2 Å². The number of carboxylic acids is 1. The maximum Gasteiger partial charge on any atom is 0.326 e. The lowest BCUT2D eigenvalue weighted by molar-refractivity contribution is -0.139. The number of fused-ring (bicyclic) bond motifs is 1. The fourth-order valence-corrected chi connectivity index (χ4v) is 2.96. The van der Waals surface area contributed by atoms with E-state index in [0.717, 1.165) is 11.3 Å². The Balaban J connectivity index is 2.36. The molecular formula is C12H13N3O5S. The molecule has 2 aromatic rings. The number of hydrogen-bond acceptors (Lipinski definition) is 6. The summed E-state index contributed by atoms with van der Waals surface area (Å²) in [6.45, 7) is 1.25. The second-order valence-corrected chi connectivity index (χ2v) is 5.34. The van der Waals surface area contributed by atoms with Gasteiger partial charge in [-0.1, -0.05) is 0 Å². The van der Waals surface area contributed by atoms with Crippen LogP contribution in [0, 0.1) is 6.92 Å². The lowest BCUT2D eigenvalue weighted by Gasteiger charge is -2.12. The van der Waals surface area contributed by atoms with Crippen LogP contribution < -0.4 is 10.9 Å². The summed E-state index contributed by atoms with van der Waals surface area (Å²) in [5.74, 6) is -1.83. The highest BCUT2D eigenvalue weighted by Crippen LogP contribution is 2.26. The summed E-state index contributed by atoms with van der Waals surface area (Å²) in [6, 6.07) is -1.18. The summed E-state index contributed by atoms with van der Waals surface area (Å²) in [6.07, 6.45) is 1.15. The first-order valence-corrected chi connectivity index (χ1v) is 6.88. The highest BCUT2D eigenvalue weighted by atomic mass is 32.1. The Morgan fingerprint density at radius 3 is 2.81 bits per heavy atom. The van der Waals surface area contributed by atoms with E-state index in [1.807, 2.05) is 0 Å². The van der Waals surface area contributed by atoms with Crippen molar-refractivity contribution in [2.75, 3.05) is 6.61 Å². The molecule has 2 aromatic heterocycles. The number of aromatic amines is 1. The van der Waals surface area contributed by atoms with E-state index in [0.29, 0.717) is 15.8 Å². The molecule has 9 heteroatoms. The molecule has 1 amide bonds. The minimum Gasteiger partial charge on any atom is -0.480 e. The fraction of sp³-hybridized carbons (Fsp3) is 0.333. The Labute approximate surface area is 122 Å². The Morgan fingerprint density at radius 2 is 2.24 bits per heavy atom. The molecule has 2 heterocycles. The maximum atomic E-state index is 12.2. The topological polar surface area (TPSA) is 132 Å². The van der Waals surface area contributed by atoms with Gasteiger partial charge in [0.15, 0.2) is 0 Å². The average molecular weight is 311 g/mol. The van der Waals surface area contributed by atoms with Crippen molar-refractivity contribution >= 4 is 33.4 Å². The molecule has 0 aliphatic carbocycles. The number of rotatable bonds is 5. The van der Waals surface area contributed by atoms with Crippen LogP contribution in [0.15, 0.2) is 11.1 Å². The van der Waals surface area contributed by atoms with Crippen LogP contribution in [-0.4, -0.2) is 44.7 Å². The summed E-state index contributed by atoms with van der Waals surface area (Å²) >= 11 is 1.02. The molecule has 0 unspecified atom stereocenters. The lowest BCUT2D eigenvalue weighted by Crippen LogP contribution is -2.41. The number of carboxylic acid groups (broad SMARTS) is 1. The van der Waals surface area contributed by atoms with Crippen molar-refractivity contribution in [3.63, 3.8) is 0 Å². The number of aromatic nitrogens is 2. The zero-order valence-electron chi connectivity index (χ0n) is 11.0. The molecular weight excluding hydrogens is 298 g/mol. The highest BCUT2D eigenvalue weighted by Gasteiger charge is 2.24. The minimum atomic E-state index is -1.23. The third-order valence-electron chi connectivity index (χ3n) is 2.96. The van der Waals surface area contributed by atoms with Gasteiger partial charge in [-0.15, -0.1) is 11.3 Å². The number of carbonyl (C=O) groups excluding carboxylic acids is 1. The predicted molar refractivity (Wildman–Crippen MR) is 75.6 cm³/mol. The number of aliphatic hydroxyl groups excluding tert-OH is 1. The molecule has 0 aliphatic rings. The Bertz CT molecular complexity index is 751. The molecule has 0 bridgehead atoms. The first-order chi connectivity index (χ1) is 9.95. The van der Waals surface area contributed by atoms with Crippen LogP contribution in [0.1, 0.15) is 21.7 Å². The molecule has 0 aliphatic heterocycles. The maximum absolute atomic E-state index is 12.2. The first-order valence-electron chi connectivity index (χ1n) is 6.07. The van der Waals surface area contributed by atoms with Gasteiger partial charge in [0.05, 0.1) is 16.6 Å².